The third kappa shape index (κ3) is 4.26. The molecular weight excluding hydrogens is 316 g/mol. The highest BCUT2D eigenvalue weighted by Gasteiger charge is 2.27. The fourth-order valence-electron chi connectivity index (χ4n) is 2.40. The van der Waals surface area contributed by atoms with Crippen LogP contribution in [0.25, 0.3) is 0 Å². The first-order valence-electron chi connectivity index (χ1n) is 7.63. The van der Waals surface area contributed by atoms with E-state index in [4.69, 9.17) is 4.74 Å². The van der Waals surface area contributed by atoms with Gasteiger partial charge >= 0.3 is 6.03 Å². The Balaban J connectivity index is 1.43. The van der Waals surface area contributed by atoms with Crippen LogP contribution in [0.1, 0.15) is 23.2 Å². The zero-order valence-electron chi connectivity index (χ0n) is 13.0. The summed E-state index contributed by atoms with van der Waals surface area (Å²) < 4.78 is 7.49. The summed E-state index contributed by atoms with van der Waals surface area (Å²) >= 11 is 1.58. The van der Waals surface area contributed by atoms with E-state index < -0.39 is 0 Å². The fraction of sp³-hybridized carbons (Fsp3) is 0.571. The topological polar surface area (TPSA) is 85.2 Å². The Morgan fingerprint density at radius 1 is 1.57 bits per heavy atom. The zero-order chi connectivity index (χ0) is 16.1. The predicted molar refractivity (Wildman–Crippen MR) is 85.2 cm³/mol. The maximum Gasteiger partial charge on any atom is 0.317 e. The van der Waals surface area contributed by atoms with Gasteiger partial charge in [0, 0.05) is 36.9 Å². The van der Waals surface area contributed by atoms with E-state index in [1.54, 1.807) is 27.1 Å². The van der Waals surface area contributed by atoms with Gasteiger partial charge in [-0.25, -0.2) is 9.78 Å². The first-order chi connectivity index (χ1) is 11.2. The van der Waals surface area contributed by atoms with E-state index in [-0.39, 0.29) is 12.1 Å². The van der Waals surface area contributed by atoms with Crippen molar-refractivity contribution in [1.82, 2.24) is 30.2 Å². The van der Waals surface area contributed by atoms with Crippen molar-refractivity contribution in [3.05, 3.63) is 28.5 Å². The van der Waals surface area contributed by atoms with E-state index in [1.165, 1.54) is 0 Å². The number of aryl methyl sites for hydroxylation is 2. The standard InChI is InChI=1S/C14H20N6O2S/c1-11-10-23-13(17-11)12-9-19(7-8-22-12)14(21)15-3-2-5-20-6-4-16-18-20/h4,6,10,12H,2-3,5,7-9H2,1H3,(H,15,21)/t12-/m1/s1. The van der Waals surface area contributed by atoms with Gasteiger partial charge in [-0.1, -0.05) is 5.21 Å². The number of hydrogen-bond acceptors (Lipinski definition) is 6. The minimum absolute atomic E-state index is 0.0508. The molecule has 3 rings (SSSR count). The number of aromatic nitrogens is 4. The summed E-state index contributed by atoms with van der Waals surface area (Å²) in [5.41, 5.74) is 0.989. The highest BCUT2D eigenvalue weighted by Crippen LogP contribution is 2.25. The van der Waals surface area contributed by atoms with Crippen LogP contribution in [0.5, 0.6) is 0 Å². The number of hydrogen-bond donors (Lipinski definition) is 1. The van der Waals surface area contributed by atoms with Gasteiger partial charge in [-0.2, -0.15) is 0 Å². The van der Waals surface area contributed by atoms with Crippen LogP contribution >= 0.6 is 11.3 Å². The van der Waals surface area contributed by atoms with Gasteiger partial charge in [0.15, 0.2) is 0 Å². The molecule has 0 radical (unpaired) electrons. The lowest BCUT2D eigenvalue weighted by molar-refractivity contribution is -0.0155. The number of amides is 2. The quantitative estimate of drug-likeness (QED) is 0.830. The summed E-state index contributed by atoms with van der Waals surface area (Å²) in [6, 6.07) is -0.0508. The summed E-state index contributed by atoms with van der Waals surface area (Å²) in [5.74, 6) is 0. The molecule has 2 aromatic heterocycles. The fourth-order valence-corrected chi connectivity index (χ4v) is 3.24. The molecule has 0 spiro atoms. The van der Waals surface area contributed by atoms with Crippen LogP contribution in [-0.2, 0) is 11.3 Å². The number of ether oxygens (including phenoxy) is 1. The number of carbonyl (C=O) groups excluding carboxylic acids is 1. The number of nitrogens with one attached hydrogen (secondary N) is 1. The van der Waals surface area contributed by atoms with Crippen LogP contribution < -0.4 is 5.32 Å². The first kappa shape index (κ1) is 15.9. The number of morpholine rings is 1. The Kier molecular flexibility index (Phi) is 5.19. The molecule has 0 aromatic carbocycles. The molecule has 0 saturated carbocycles. The Morgan fingerprint density at radius 3 is 3.22 bits per heavy atom. The molecule has 124 valence electrons. The summed E-state index contributed by atoms with van der Waals surface area (Å²) in [4.78, 5) is 18.5. The molecule has 1 N–H and O–H groups in total. The van der Waals surface area contributed by atoms with Gasteiger partial charge in [0.05, 0.1) is 19.3 Å². The van der Waals surface area contributed by atoms with Crippen molar-refractivity contribution in [3.63, 3.8) is 0 Å². The van der Waals surface area contributed by atoms with Gasteiger partial charge in [0.2, 0.25) is 0 Å². The molecule has 8 nitrogen and oxygen atoms in total. The molecule has 3 heterocycles. The smallest absolute Gasteiger partial charge is 0.317 e. The summed E-state index contributed by atoms with van der Waals surface area (Å²) in [5, 5.41) is 13.5. The van der Waals surface area contributed by atoms with Gasteiger partial charge in [0.1, 0.15) is 11.1 Å². The molecule has 1 fully saturated rings. The minimum atomic E-state index is -0.122. The van der Waals surface area contributed by atoms with Crippen LogP contribution in [0.2, 0.25) is 0 Å². The number of urea groups is 1. The second-order valence-electron chi connectivity index (χ2n) is 5.38. The highest BCUT2D eigenvalue weighted by atomic mass is 32.1. The van der Waals surface area contributed by atoms with E-state index >= 15 is 0 Å². The highest BCUT2D eigenvalue weighted by molar-refractivity contribution is 7.09. The second-order valence-corrected chi connectivity index (χ2v) is 6.27. The van der Waals surface area contributed by atoms with Crippen molar-refractivity contribution in [2.75, 3.05) is 26.2 Å². The summed E-state index contributed by atoms with van der Waals surface area (Å²) in [6.07, 6.45) is 4.15. The number of thiazole rings is 1. The summed E-state index contributed by atoms with van der Waals surface area (Å²) in [6.45, 7) is 5.00. The lowest BCUT2D eigenvalue weighted by Crippen LogP contribution is -2.47. The van der Waals surface area contributed by atoms with Crippen LogP contribution in [0.4, 0.5) is 4.79 Å². The van der Waals surface area contributed by atoms with Crippen molar-refractivity contribution in [3.8, 4) is 0 Å². The third-order valence-electron chi connectivity index (χ3n) is 3.58. The molecule has 0 aliphatic carbocycles. The number of carbonyl (C=O) groups is 1. The Hall–Kier alpha value is -2.00. The second kappa shape index (κ2) is 7.51. The zero-order valence-corrected chi connectivity index (χ0v) is 13.8. The molecule has 2 amide bonds. The van der Waals surface area contributed by atoms with Gasteiger partial charge in [-0.3, -0.25) is 4.68 Å². The molecule has 1 aliphatic heterocycles. The van der Waals surface area contributed by atoms with Crippen molar-refractivity contribution in [1.29, 1.82) is 0 Å². The van der Waals surface area contributed by atoms with Gasteiger partial charge in [-0.15, -0.1) is 16.4 Å². The molecule has 23 heavy (non-hydrogen) atoms. The first-order valence-corrected chi connectivity index (χ1v) is 8.51. The SMILES string of the molecule is Cc1csc([C@H]2CN(C(=O)NCCCn3ccnn3)CCO2)n1. The molecular formula is C14H20N6O2S. The maximum atomic E-state index is 12.2. The molecule has 1 saturated heterocycles. The van der Waals surface area contributed by atoms with E-state index in [0.717, 1.165) is 23.7 Å². The largest absolute Gasteiger partial charge is 0.367 e. The van der Waals surface area contributed by atoms with Gasteiger partial charge in [0.25, 0.3) is 0 Å². The molecule has 1 atom stereocenters. The molecule has 0 bridgehead atoms. The van der Waals surface area contributed by atoms with Crippen molar-refractivity contribution >= 4 is 17.4 Å². The van der Waals surface area contributed by atoms with E-state index in [1.807, 2.05) is 18.5 Å². The van der Waals surface area contributed by atoms with Crippen LogP contribution in [0, 0.1) is 6.92 Å². The van der Waals surface area contributed by atoms with Crippen molar-refractivity contribution in [2.24, 2.45) is 0 Å². The normalized spacial score (nSPS) is 18.1. The average Bonchev–Trinajstić information content (AvgIpc) is 3.23. The molecule has 2 aromatic rings. The Bertz CT molecular complexity index is 629. The third-order valence-corrected chi connectivity index (χ3v) is 4.63. The van der Waals surface area contributed by atoms with Crippen molar-refractivity contribution < 1.29 is 9.53 Å². The van der Waals surface area contributed by atoms with E-state index in [2.05, 4.69) is 20.6 Å². The molecule has 0 unspecified atom stereocenters. The monoisotopic (exact) mass is 336 g/mol. The van der Waals surface area contributed by atoms with Gasteiger partial charge in [-0.05, 0) is 13.3 Å². The van der Waals surface area contributed by atoms with Gasteiger partial charge < -0.3 is 15.0 Å². The minimum Gasteiger partial charge on any atom is -0.367 e. The maximum absolute atomic E-state index is 12.2. The number of rotatable bonds is 5. The molecule has 1 aliphatic rings. The Morgan fingerprint density at radius 2 is 2.48 bits per heavy atom. The van der Waals surface area contributed by atoms with Crippen LogP contribution in [0.3, 0.4) is 0 Å². The van der Waals surface area contributed by atoms with Crippen LogP contribution in [0.15, 0.2) is 17.8 Å². The lowest BCUT2D eigenvalue weighted by Gasteiger charge is -2.32. The summed E-state index contributed by atoms with van der Waals surface area (Å²) in [7, 11) is 0. The molecule has 9 heteroatoms. The van der Waals surface area contributed by atoms with Crippen molar-refractivity contribution in [2.45, 2.75) is 26.0 Å². The lowest BCUT2D eigenvalue weighted by atomic mass is 10.3. The predicted octanol–water partition coefficient (Wildman–Crippen LogP) is 1.22. The van der Waals surface area contributed by atoms with E-state index in [0.29, 0.717) is 26.2 Å². The van der Waals surface area contributed by atoms with E-state index in [9.17, 15) is 4.79 Å². The number of nitrogens with zero attached hydrogens (tertiary/aromatic N) is 5. The Labute approximate surface area is 138 Å². The average molecular weight is 336 g/mol. The van der Waals surface area contributed by atoms with Crippen LogP contribution in [-0.4, -0.2) is 57.2 Å².